The largest absolute Gasteiger partial charge is 0.506 e. The van der Waals surface area contributed by atoms with Crippen molar-refractivity contribution in [1.29, 1.82) is 0 Å². The number of rotatable bonds is 10. The molecule has 0 radical (unpaired) electrons. The quantitative estimate of drug-likeness (QED) is 0.217. The van der Waals surface area contributed by atoms with Crippen molar-refractivity contribution in [1.82, 2.24) is 0 Å². The van der Waals surface area contributed by atoms with Crippen LogP contribution in [0.15, 0.2) is 84.9 Å². The summed E-state index contributed by atoms with van der Waals surface area (Å²) in [4.78, 5) is 27.5. The van der Waals surface area contributed by atoms with Crippen LogP contribution in [-0.2, 0) is 4.79 Å². The van der Waals surface area contributed by atoms with Gasteiger partial charge in [-0.3, -0.25) is 9.59 Å². The predicted molar refractivity (Wildman–Crippen MR) is 155 cm³/mol. The summed E-state index contributed by atoms with van der Waals surface area (Å²) in [5.74, 6) is 0.711. The van der Waals surface area contributed by atoms with Crippen molar-refractivity contribution in [2.45, 2.75) is 6.92 Å². The van der Waals surface area contributed by atoms with Crippen molar-refractivity contribution in [2.75, 3.05) is 43.3 Å². The number of anilines is 3. The maximum absolute atomic E-state index is 12.8. The van der Waals surface area contributed by atoms with Gasteiger partial charge in [0.2, 0.25) is 0 Å². The number of hydrogen-bond acceptors (Lipinski definition) is 7. The summed E-state index contributed by atoms with van der Waals surface area (Å²) in [6.45, 7) is 1.66. The van der Waals surface area contributed by atoms with Crippen molar-refractivity contribution in [3.05, 3.63) is 96.1 Å². The van der Waals surface area contributed by atoms with Gasteiger partial charge in [-0.2, -0.15) is 0 Å². The fraction of sp³-hybridized carbons (Fsp3) is 0.161. The van der Waals surface area contributed by atoms with Gasteiger partial charge in [-0.05, 0) is 67.6 Å². The van der Waals surface area contributed by atoms with E-state index in [1.807, 2.05) is 50.2 Å². The van der Waals surface area contributed by atoms with Gasteiger partial charge in [0.15, 0.2) is 12.4 Å². The Balaban J connectivity index is 1.54. The predicted octanol–water partition coefficient (Wildman–Crippen LogP) is 5.84. The number of nitrogens with one attached hydrogen (secondary N) is 2. The number of carbonyl (C=O) groups excluding carboxylic acids is 2. The highest BCUT2D eigenvalue weighted by Gasteiger charge is 2.17. The molecular formula is C31H31N3O6. The monoisotopic (exact) mass is 541 g/mol. The highest BCUT2D eigenvalue weighted by Crippen LogP contribution is 2.39. The number of nitrogens with zero attached hydrogens (tertiary/aromatic N) is 1. The molecule has 0 bridgehead atoms. The molecule has 0 aliphatic carbocycles. The zero-order valence-electron chi connectivity index (χ0n) is 22.7. The van der Waals surface area contributed by atoms with Gasteiger partial charge in [0.05, 0.1) is 18.5 Å². The third-order valence-corrected chi connectivity index (χ3v) is 5.94. The Morgan fingerprint density at radius 1 is 0.800 bits per heavy atom. The minimum atomic E-state index is -0.466. The first-order chi connectivity index (χ1) is 19.2. The van der Waals surface area contributed by atoms with Crippen LogP contribution in [0.4, 0.5) is 17.1 Å². The Labute approximate surface area is 232 Å². The first-order valence-electron chi connectivity index (χ1n) is 12.5. The van der Waals surface area contributed by atoms with Crippen LogP contribution in [0.3, 0.4) is 0 Å². The number of ether oxygens (including phenoxy) is 3. The average Bonchev–Trinajstić information content (AvgIpc) is 2.95. The fourth-order valence-electron chi connectivity index (χ4n) is 3.70. The molecule has 3 N–H and O–H groups in total. The second-order valence-corrected chi connectivity index (χ2v) is 9.19. The number of benzene rings is 4. The van der Waals surface area contributed by atoms with Crippen molar-refractivity contribution >= 4 is 28.9 Å². The Morgan fingerprint density at radius 2 is 1.43 bits per heavy atom. The van der Waals surface area contributed by atoms with Gasteiger partial charge < -0.3 is 34.9 Å². The molecule has 9 heteroatoms. The van der Waals surface area contributed by atoms with Crippen molar-refractivity contribution < 1.29 is 28.9 Å². The van der Waals surface area contributed by atoms with Crippen LogP contribution in [0.2, 0.25) is 0 Å². The van der Waals surface area contributed by atoms with E-state index in [0.717, 1.165) is 11.3 Å². The fourth-order valence-corrected chi connectivity index (χ4v) is 3.70. The first kappa shape index (κ1) is 27.8. The van der Waals surface area contributed by atoms with E-state index < -0.39 is 11.8 Å². The Kier molecular flexibility index (Phi) is 8.75. The summed E-state index contributed by atoms with van der Waals surface area (Å²) in [6, 6.07) is 24.0. The van der Waals surface area contributed by atoms with E-state index in [1.165, 1.54) is 12.1 Å². The SMILES string of the molecule is COc1ccc(Oc2cc(NC(=O)c3ccc(C)cc3)c(O)cc2NC(=O)COc2ccc(N(C)C)cc2)cc1. The van der Waals surface area contributed by atoms with Crippen molar-refractivity contribution in [3.8, 4) is 28.7 Å². The molecule has 206 valence electrons. The van der Waals surface area contributed by atoms with E-state index in [2.05, 4.69) is 10.6 Å². The average molecular weight is 542 g/mol. The number of aromatic hydroxyl groups is 1. The molecule has 0 saturated carbocycles. The van der Waals surface area contributed by atoms with Crippen molar-refractivity contribution in [3.63, 3.8) is 0 Å². The zero-order valence-corrected chi connectivity index (χ0v) is 22.7. The van der Waals surface area contributed by atoms with Crippen LogP contribution in [0.1, 0.15) is 15.9 Å². The highest BCUT2D eigenvalue weighted by molar-refractivity contribution is 6.05. The highest BCUT2D eigenvalue weighted by atomic mass is 16.5. The molecular weight excluding hydrogens is 510 g/mol. The molecule has 0 unspecified atom stereocenters. The van der Waals surface area contributed by atoms with Crippen LogP contribution in [0.5, 0.6) is 28.7 Å². The number of amides is 2. The van der Waals surface area contributed by atoms with E-state index in [0.29, 0.717) is 22.8 Å². The lowest BCUT2D eigenvalue weighted by Gasteiger charge is -2.17. The Morgan fingerprint density at radius 3 is 2.05 bits per heavy atom. The smallest absolute Gasteiger partial charge is 0.262 e. The zero-order chi connectivity index (χ0) is 28.6. The second kappa shape index (κ2) is 12.6. The van der Waals surface area contributed by atoms with Crippen molar-refractivity contribution in [2.24, 2.45) is 0 Å². The number of phenolic OH excluding ortho intramolecular Hbond substituents is 1. The third-order valence-electron chi connectivity index (χ3n) is 5.94. The Bertz CT molecular complexity index is 1470. The lowest BCUT2D eigenvalue weighted by Crippen LogP contribution is -2.20. The van der Waals surface area contributed by atoms with Gasteiger partial charge in [0.1, 0.15) is 23.0 Å². The van der Waals surface area contributed by atoms with Gasteiger partial charge in [-0.15, -0.1) is 0 Å². The van der Waals surface area contributed by atoms with Gasteiger partial charge in [-0.25, -0.2) is 0 Å². The maximum Gasteiger partial charge on any atom is 0.262 e. The van der Waals surface area contributed by atoms with E-state index >= 15 is 0 Å². The van der Waals surface area contributed by atoms with E-state index in [9.17, 15) is 14.7 Å². The molecule has 0 spiro atoms. The lowest BCUT2D eigenvalue weighted by atomic mass is 10.1. The van der Waals surface area contributed by atoms with Gasteiger partial charge in [0, 0.05) is 37.5 Å². The molecule has 40 heavy (non-hydrogen) atoms. The maximum atomic E-state index is 12.8. The first-order valence-corrected chi connectivity index (χ1v) is 12.5. The number of carbonyl (C=O) groups is 2. The molecule has 0 atom stereocenters. The molecule has 4 aromatic carbocycles. The van der Waals surface area contributed by atoms with Crippen LogP contribution in [-0.4, -0.2) is 44.7 Å². The molecule has 0 aliphatic rings. The van der Waals surface area contributed by atoms with Crippen LogP contribution >= 0.6 is 0 Å². The lowest BCUT2D eigenvalue weighted by molar-refractivity contribution is -0.118. The summed E-state index contributed by atoms with van der Waals surface area (Å²) in [6.07, 6.45) is 0. The number of hydrogen-bond donors (Lipinski definition) is 3. The van der Waals surface area contributed by atoms with E-state index in [4.69, 9.17) is 14.2 Å². The van der Waals surface area contributed by atoms with Crippen LogP contribution in [0, 0.1) is 6.92 Å². The summed E-state index contributed by atoms with van der Waals surface area (Å²) >= 11 is 0. The van der Waals surface area contributed by atoms with Crippen LogP contribution < -0.4 is 29.7 Å². The normalized spacial score (nSPS) is 10.4. The number of aryl methyl sites for hydroxylation is 1. The third kappa shape index (κ3) is 7.22. The Hall–Kier alpha value is -5.18. The second-order valence-electron chi connectivity index (χ2n) is 9.19. The van der Waals surface area contributed by atoms with E-state index in [-0.39, 0.29) is 29.5 Å². The summed E-state index contributed by atoms with van der Waals surface area (Å²) in [7, 11) is 5.43. The van der Waals surface area contributed by atoms with Crippen LogP contribution in [0.25, 0.3) is 0 Å². The molecule has 0 aromatic heterocycles. The topological polar surface area (TPSA) is 109 Å². The molecule has 0 saturated heterocycles. The minimum absolute atomic E-state index is 0.115. The number of phenols is 1. The molecule has 4 rings (SSSR count). The summed E-state index contributed by atoms with van der Waals surface area (Å²) in [5.41, 5.74) is 2.75. The minimum Gasteiger partial charge on any atom is -0.506 e. The van der Waals surface area contributed by atoms with Gasteiger partial charge in [-0.1, -0.05) is 17.7 Å². The standard InChI is InChI=1S/C31H31N3O6/c1-20-5-7-21(8-6-20)31(37)33-26-18-29(40-25-15-13-23(38-4)14-16-25)27(17-28(26)35)32-30(36)19-39-24-11-9-22(10-12-24)34(2)3/h5-18,35H,19H2,1-4H3,(H,32,36)(H,33,37). The van der Waals surface area contributed by atoms with Gasteiger partial charge >= 0.3 is 0 Å². The number of methoxy groups -OCH3 is 1. The van der Waals surface area contributed by atoms with Gasteiger partial charge in [0.25, 0.3) is 11.8 Å². The van der Waals surface area contributed by atoms with E-state index in [1.54, 1.807) is 55.6 Å². The molecule has 2 amide bonds. The molecule has 0 heterocycles. The summed E-state index contributed by atoms with van der Waals surface area (Å²) in [5, 5.41) is 16.1. The molecule has 0 fully saturated rings. The summed E-state index contributed by atoms with van der Waals surface area (Å²) < 4.78 is 16.8. The molecule has 9 nitrogen and oxygen atoms in total. The molecule has 0 aliphatic heterocycles. The molecule has 4 aromatic rings.